The Morgan fingerprint density at radius 3 is 1.24 bits per heavy atom. The van der Waals surface area contributed by atoms with E-state index in [2.05, 4.69) is 291 Å². The Morgan fingerprint density at radius 1 is 0.256 bits per heavy atom. The molecule has 12 aromatic rings. The van der Waals surface area contributed by atoms with Crippen molar-refractivity contribution in [2.45, 2.75) is 96.6 Å². The van der Waals surface area contributed by atoms with Crippen molar-refractivity contribution in [3.05, 3.63) is 281 Å². The van der Waals surface area contributed by atoms with Crippen LogP contribution in [0.4, 0.5) is 17.1 Å². The standard InChI is InChI=1S/C84H63NO3S2/c1-81(2)60-24-12-9-18-57(60)72-63(81)42-43-67-77(72)87-75-54(21-15-27-66(75)84(67,7)8)48-30-36-51(37-31-48)85(52-38-32-49(33-39-52)55-22-16-28-68-76(55)88-78-69(86-68)46-44-64-73(78)58-19-10-13-25-61(58)82(64,3)4)53-40-34-50(35-41-53)56-23-17-29-70-79(56)90-80-71(89-70)47-45-65-74(80)59-20-11-14-26-62(59)83(65,5)6/h9-47H,1-8H3. The number of rotatable bonds is 6. The number of nitrogens with zero attached hydrogens (tertiary/aromatic N) is 1. The molecule has 3 aliphatic carbocycles. The highest BCUT2D eigenvalue weighted by Crippen LogP contribution is 2.64. The molecule has 6 aliphatic rings. The van der Waals surface area contributed by atoms with Crippen molar-refractivity contribution in [1.29, 1.82) is 0 Å². The summed E-state index contributed by atoms with van der Waals surface area (Å²) in [5, 5.41) is 0. The predicted octanol–water partition coefficient (Wildman–Crippen LogP) is 24.0. The van der Waals surface area contributed by atoms with Gasteiger partial charge in [0.05, 0.1) is 0 Å². The Bertz CT molecular complexity index is 4880. The van der Waals surface area contributed by atoms with Gasteiger partial charge < -0.3 is 19.1 Å². The van der Waals surface area contributed by atoms with E-state index in [9.17, 15) is 0 Å². The molecule has 0 saturated carbocycles. The first-order valence-corrected chi connectivity index (χ1v) is 33.0. The maximum absolute atomic E-state index is 7.36. The van der Waals surface area contributed by atoms with Crippen LogP contribution in [0.5, 0.6) is 34.5 Å². The first-order chi connectivity index (χ1) is 43.6. The molecule has 0 radical (unpaired) electrons. The quantitative estimate of drug-likeness (QED) is 0.165. The first kappa shape index (κ1) is 53.6. The summed E-state index contributed by atoms with van der Waals surface area (Å²) in [5.41, 5.74) is 26.9. The summed E-state index contributed by atoms with van der Waals surface area (Å²) in [5.74, 6) is 4.81. The fraction of sp³-hybridized carbons (Fsp3) is 0.143. The van der Waals surface area contributed by atoms with Crippen molar-refractivity contribution in [3.8, 4) is 101 Å². The third-order valence-corrected chi connectivity index (χ3v) is 23.4. The minimum Gasteiger partial charge on any atom is -0.455 e. The summed E-state index contributed by atoms with van der Waals surface area (Å²) in [6.45, 7) is 18.7. The number of anilines is 3. The second-order valence-corrected chi connectivity index (χ2v) is 29.2. The molecule has 0 atom stereocenters. The van der Waals surface area contributed by atoms with Gasteiger partial charge in [-0.3, -0.25) is 0 Å². The van der Waals surface area contributed by atoms with Crippen LogP contribution in [-0.2, 0) is 21.7 Å². The van der Waals surface area contributed by atoms with Gasteiger partial charge in [0.1, 0.15) is 11.5 Å². The molecule has 3 aliphatic heterocycles. The van der Waals surface area contributed by atoms with E-state index in [4.69, 9.17) is 14.2 Å². The Balaban J connectivity index is 0.723. The highest BCUT2D eigenvalue weighted by Gasteiger charge is 2.45. The van der Waals surface area contributed by atoms with E-state index in [-0.39, 0.29) is 21.7 Å². The van der Waals surface area contributed by atoms with E-state index in [0.29, 0.717) is 5.75 Å². The van der Waals surface area contributed by atoms with Gasteiger partial charge in [0.2, 0.25) is 0 Å². The zero-order valence-corrected chi connectivity index (χ0v) is 53.1. The normalized spacial score (nSPS) is 15.9. The maximum Gasteiger partial charge on any atom is 0.178 e. The minimum absolute atomic E-state index is 0.0665. The van der Waals surface area contributed by atoms with Crippen LogP contribution in [0, 0.1) is 0 Å². The Hall–Kier alpha value is -9.46. The first-order valence-electron chi connectivity index (χ1n) is 31.4. The molecule has 0 aromatic heterocycles. The van der Waals surface area contributed by atoms with Crippen LogP contribution in [0.25, 0.3) is 66.8 Å². The number of hydrogen-bond donors (Lipinski definition) is 0. The molecule has 12 aromatic carbocycles. The molecule has 0 fully saturated rings. The van der Waals surface area contributed by atoms with Gasteiger partial charge in [-0.05, 0) is 133 Å². The largest absolute Gasteiger partial charge is 0.455 e. The molecular weight excluding hydrogens is 1140 g/mol. The molecule has 4 nitrogen and oxygen atoms in total. The van der Waals surface area contributed by atoms with Crippen LogP contribution in [0.2, 0.25) is 0 Å². The molecule has 18 rings (SSSR count). The Morgan fingerprint density at radius 2 is 0.644 bits per heavy atom. The van der Waals surface area contributed by atoms with Gasteiger partial charge >= 0.3 is 0 Å². The van der Waals surface area contributed by atoms with Crippen LogP contribution in [0.1, 0.15) is 99.9 Å². The van der Waals surface area contributed by atoms with E-state index in [1.165, 1.54) is 103 Å². The van der Waals surface area contributed by atoms with Crippen LogP contribution in [0.15, 0.2) is 256 Å². The SMILES string of the molecule is CC1(C)c2cccc(-c3ccc(N(c4ccc(-c5cccc6c5Oc5c(ccc7c5-c5ccccc5C7(C)C)O6)cc4)c4ccc(-c5cccc6c5Sc5c(ccc7c5-c5ccccc5C7(C)C)S6)cc4)cc3)c2Oc2c1ccc1c2-c2ccccc2C1(C)C. The van der Waals surface area contributed by atoms with Gasteiger partial charge in [-0.2, -0.15) is 0 Å². The second-order valence-electron chi connectivity index (χ2n) is 27.1. The molecule has 0 bridgehead atoms. The number of benzene rings is 12. The van der Waals surface area contributed by atoms with Gasteiger partial charge in [-0.25, -0.2) is 0 Å². The lowest BCUT2D eigenvalue weighted by molar-refractivity contribution is 0.361. The predicted molar refractivity (Wildman–Crippen MR) is 370 cm³/mol. The van der Waals surface area contributed by atoms with Crippen LogP contribution in [-0.4, -0.2) is 0 Å². The van der Waals surface area contributed by atoms with Gasteiger partial charge in [-0.1, -0.05) is 255 Å². The van der Waals surface area contributed by atoms with Crippen molar-refractivity contribution in [3.63, 3.8) is 0 Å². The third-order valence-electron chi connectivity index (χ3n) is 20.7. The van der Waals surface area contributed by atoms with Crippen molar-refractivity contribution >= 4 is 40.6 Å². The van der Waals surface area contributed by atoms with Crippen molar-refractivity contribution in [2.24, 2.45) is 0 Å². The van der Waals surface area contributed by atoms with Gasteiger partial charge in [0, 0.05) is 97.2 Å². The van der Waals surface area contributed by atoms with E-state index in [0.717, 1.165) is 73.6 Å². The van der Waals surface area contributed by atoms with Gasteiger partial charge in [0.15, 0.2) is 23.0 Å². The molecular formula is C84H63NO3S2. The second kappa shape index (κ2) is 19.0. The van der Waals surface area contributed by atoms with Crippen LogP contribution < -0.4 is 19.1 Å². The number of fused-ring (bicyclic) bond motifs is 18. The number of ether oxygens (including phenoxy) is 3. The zero-order chi connectivity index (χ0) is 60.7. The Kier molecular flexibility index (Phi) is 11.3. The maximum atomic E-state index is 7.36. The lowest BCUT2D eigenvalue weighted by Crippen LogP contribution is -2.25. The highest BCUT2D eigenvalue weighted by atomic mass is 32.2. The molecule has 0 amide bonds. The minimum atomic E-state index is -0.304. The van der Waals surface area contributed by atoms with Crippen LogP contribution >= 0.6 is 23.5 Å². The van der Waals surface area contributed by atoms with E-state index < -0.39 is 0 Å². The van der Waals surface area contributed by atoms with Crippen molar-refractivity contribution in [2.75, 3.05) is 4.90 Å². The average molecular weight is 1200 g/mol. The lowest BCUT2D eigenvalue weighted by Gasteiger charge is -2.37. The number of para-hydroxylation sites is 2. The monoisotopic (exact) mass is 1200 g/mol. The third kappa shape index (κ3) is 7.52. The van der Waals surface area contributed by atoms with Crippen LogP contribution in [0.3, 0.4) is 0 Å². The van der Waals surface area contributed by atoms with Gasteiger partial charge in [-0.15, -0.1) is 0 Å². The molecule has 0 N–H and O–H groups in total. The smallest absolute Gasteiger partial charge is 0.178 e. The topological polar surface area (TPSA) is 30.9 Å². The average Bonchev–Trinajstić information content (AvgIpc) is 1.49. The fourth-order valence-corrected chi connectivity index (χ4v) is 18.5. The molecule has 0 saturated heterocycles. The highest BCUT2D eigenvalue weighted by molar-refractivity contribution is 8.05. The van der Waals surface area contributed by atoms with E-state index in [1.807, 2.05) is 29.6 Å². The molecule has 6 heteroatoms. The molecule has 90 heavy (non-hydrogen) atoms. The van der Waals surface area contributed by atoms with Gasteiger partial charge in [0.25, 0.3) is 0 Å². The molecule has 434 valence electrons. The molecule has 0 spiro atoms. The van der Waals surface area contributed by atoms with Crippen molar-refractivity contribution < 1.29 is 14.2 Å². The summed E-state index contributed by atoms with van der Waals surface area (Å²) in [7, 11) is 0. The van der Waals surface area contributed by atoms with E-state index >= 15 is 0 Å². The summed E-state index contributed by atoms with van der Waals surface area (Å²) in [6.07, 6.45) is 0. The summed E-state index contributed by atoms with van der Waals surface area (Å²) in [4.78, 5) is 7.65. The summed E-state index contributed by atoms with van der Waals surface area (Å²) < 4.78 is 21.2. The zero-order valence-electron chi connectivity index (χ0n) is 51.5. The number of hydrogen-bond acceptors (Lipinski definition) is 6. The van der Waals surface area contributed by atoms with E-state index in [1.54, 1.807) is 0 Å². The lowest BCUT2D eigenvalue weighted by atomic mass is 9.73. The van der Waals surface area contributed by atoms with Crippen molar-refractivity contribution in [1.82, 2.24) is 0 Å². The molecule has 3 heterocycles. The fourth-order valence-electron chi connectivity index (χ4n) is 15.9. The Labute approximate surface area is 535 Å². The molecule has 0 unspecified atom stereocenters. The summed E-state index contributed by atoms with van der Waals surface area (Å²) in [6, 6.07) is 87.0. The summed E-state index contributed by atoms with van der Waals surface area (Å²) >= 11 is 3.83.